The van der Waals surface area contributed by atoms with Crippen LogP contribution in [0.4, 0.5) is 0 Å². The van der Waals surface area contributed by atoms with Crippen molar-refractivity contribution in [2.24, 2.45) is 0 Å². The first kappa shape index (κ1) is 33.4. The minimum atomic E-state index is -0.0174. The van der Waals surface area contributed by atoms with Gasteiger partial charge in [-0.2, -0.15) is 0 Å². The summed E-state index contributed by atoms with van der Waals surface area (Å²) in [5, 5.41) is 0. The van der Waals surface area contributed by atoms with Crippen molar-refractivity contribution in [2.75, 3.05) is 107 Å². The van der Waals surface area contributed by atoms with Crippen molar-refractivity contribution >= 4 is 5.57 Å². The monoisotopic (exact) mass is 571 g/mol. The van der Waals surface area contributed by atoms with E-state index in [-0.39, 0.29) is 6.10 Å². The van der Waals surface area contributed by atoms with E-state index in [4.69, 9.17) is 33.2 Å². The van der Waals surface area contributed by atoms with Gasteiger partial charge in [-0.25, -0.2) is 0 Å². The van der Waals surface area contributed by atoms with Gasteiger partial charge in [0.2, 0.25) is 0 Å². The molecule has 0 fully saturated rings. The minimum absolute atomic E-state index is 0.0174. The number of fused-ring (bicyclic) bond motifs is 2. The van der Waals surface area contributed by atoms with Crippen LogP contribution >= 0.6 is 0 Å². The van der Waals surface area contributed by atoms with Crippen molar-refractivity contribution in [3.05, 3.63) is 76.9 Å². The zero-order valence-electron chi connectivity index (χ0n) is 25.2. The van der Waals surface area contributed by atoms with Crippen LogP contribution < -0.4 is 0 Å². The molecule has 228 valence electrons. The molecule has 2 aromatic carbocycles. The van der Waals surface area contributed by atoms with Crippen molar-refractivity contribution in [1.82, 2.24) is 4.90 Å². The molecule has 0 unspecified atom stereocenters. The van der Waals surface area contributed by atoms with E-state index in [0.29, 0.717) is 79.3 Å². The normalized spacial score (nSPS) is 15.7. The Kier molecular flexibility index (Phi) is 16.8. The molecule has 0 spiro atoms. The van der Waals surface area contributed by atoms with E-state index in [2.05, 4.69) is 73.6 Å². The molecule has 0 heterocycles. The second-order valence-electron chi connectivity index (χ2n) is 10.1. The lowest BCUT2D eigenvalue weighted by atomic mass is 9.93. The Morgan fingerprint density at radius 1 is 0.659 bits per heavy atom. The molecule has 0 saturated carbocycles. The number of nitrogens with zero attached hydrogens (tertiary/aromatic N) is 1. The van der Waals surface area contributed by atoms with Crippen molar-refractivity contribution in [3.8, 4) is 0 Å². The third kappa shape index (κ3) is 12.7. The molecule has 1 aliphatic rings. The Hall–Kier alpha value is -2.14. The summed E-state index contributed by atoms with van der Waals surface area (Å²) in [6.07, 6.45) is 4.20. The van der Waals surface area contributed by atoms with Gasteiger partial charge >= 0.3 is 0 Å². The summed E-state index contributed by atoms with van der Waals surface area (Å²) in [5.41, 5.74) is 6.43. The predicted octanol–water partition coefficient (Wildman–Crippen LogP) is 4.41. The summed E-state index contributed by atoms with van der Waals surface area (Å²) < 4.78 is 39.0. The highest BCUT2D eigenvalue weighted by atomic mass is 16.6. The Morgan fingerprint density at radius 2 is 1.17 bits per heavy atom. The maximum absolute atomic E-state index is 6.42. The molecule has 1 aliphatic carbocycles. The summed E-state index contributed by atoms with van der Waals surface area (Å²) in [7, 11) is 5.88. The van der Waals surface area contributed by atoms with Gasteiger partial charge < -0.3 is 38.1 Å². The molecule has 0 N–H and O–H groups in total. The van der Waals surface area contributed by atoms with Gasteiger partial charge in [-0.1, -0.05) is 54.6 Å². The number of ether oxygens (including phenoxy) is 7. The van der Waals surface area contributed by atoms with Crippen LogP contribution in [0.3, 0.4) is 0 Å². The summed E-state index contributed by atoms with van der Waals surface area (Å²) >= 11 is 0. The van der Waals surface area contributed by atoms with Crippen LogP contribution in [0.25, 0.3) is 5.57 Å². The van der Waals surface area contributed by atoms with Crippen molar-refractivity contribution in [2.45, 2.75) is 18.9 Å². The molecule has 0 aromatic heterocycles. The van der Waals surface area contributed by atoms with Gasteiger partial charge in [0.05, 0.1) is 85.4 Å². The molecule has 3 rings (SSSR count). The van der Waals surface area contributed by atoms with Crippen LogP contribution in [0.2, 0.25) is 0 Å². The molecular weight excluding hydrogens is 522 g/mol. The van der Waals surface area contributed by atoms with E-state index in [0.717, 1.165) is 19.4 Å². The number of hydrogen-bond donors (Lipinski definition) is 0. The van der Waals surface area contributed by atoms with E-state index in [1.807, 2.05) is 0 Å². The molecule has 0 bridgehead atoms. The van der Waals surface area contributed by atoms with E-state index < -0.39 is 0 Å². The molecule has 2 aromatic rings. The molecule has 8 nitrogen and oxygen atoms in total. The Labute approximate surface area is 246 Å². The zero-order valence-corrected chi connectivity index (χ0v) is 25.2. The van der Waals surface area contributed by atoms with E-state index in [1.165, 1.54) is 27.8 Å². The van der Waals surface area contributed by atoms with Crippen molar-refractivity contribution in [3.63, 3.8) is 0 Å². The van der Waals surface area contributed by atoms with Crippen molar-refractivity contribution in [1.29, 1.82) is 0 Å². The standard InChI is InChI=1S/C33H49NO7/c1-34(2)14-8-13-30-29-10-5-4-9-28(29)27-33(32-12-7-6-11-31(30)32)41-26-25-40-24-23-39-22-21-38-20-19-37-18-17-36-16-15-35-3/h4-7,9-13,33H,8,14-27H2,1-3H3/b30-13+/t33-/m1/s1. The maximum atomic E-state index is 6.42. The summed E-state index contributed by atoms with van der Waals surface area (Å²) in [5.74, 6) is 0. The molecule has 1 atom stereocenters. The quantitative estimate of drug-likeness (QED) is 0.193. The van der Waals surface area contributed by atoms with Crippen LogP contribution in [-0.2, 0) is 39.6 Å². The van der Waals surface area contributed by atoms with Crippen LogP contribution in [0.15, 0.2) is 54.6 Å². The largest absolute Gasteiger partial charge is 0.382 e. The van der Waals surface area contributed by atoms with Crippen LogP contribution in [0, 0.1) is 0 Å². The molecule has 41 heavy (non-hydrogen) atoms. The fourth-order valence-electron chi connectivity index (χ4n) is 4.65. The fourth-order valence-corrected chi connectivity index (χ4v) is 4.65. The number of hydrogen-bond acceptors (Lipinski definition) is 8. The maximum Gasteiger partial charge on any atom is 0.0872 e. The summed E-state index contributed by atoms with van der Waals surface area (Å²) in [6, 6.07) is 17.4. The second-order valence-corrected chi connectivity index (χ2v) is 10.1. The highest BCUT2D eigenvalue weighted by molar-refractivity contribution is 5.84. The first-order chi connectivity index (χ1) is 20.2. The molecule has 0 amide bonds. The number of benzene rings is 2. The van der Waals surface area contributed by atoms with Gasteiger partial charge in [0.25, 0.3) is 0 Å². The molecule has 0 aliphatic heterocycles. The topological polar surface area (TPSA) is 67.9 Å². The third-order valence-corrected chi connectivity index (χ3v) is 6.70. The van der Waals surface area contributed by atoms with Gasteiger partial charge in [0, 0.05) is 20.1 Å². The first-order valence-corrected chi connectivity index (χ1v) is 14.7. The number of methoxy groups -OCH3 is 1. The highest BCUT2D eigenvalue weighted by Gasteiger charge is 2.25. The van der Waals surface area contributed by atoms with Gasteiger partial charge in [-0.15, -0.1) is 0 Å². The van der Waals surface area contributed by atoms with Crippen LogP contribution in [-0.4, -0.2) is 112 Å². The first-order valence-electron chi connectivity index (χ1n) is 14.7. The molecular formula is C33H49NO7. The SMILES string of the molecule is COCCOCCOCCOCCOCCOCCO[C@@H]1Cc2ccccc2/C(=C\CCN(C)C)c2ccccc21. The third-order valence-electron chi connectivity index (χ3n) is 6.70. The second kappa shape index (κ2) is 20.7. The van der Waals surface area contributed by atoms with E-state index >= 15 is 0 Å². The Morgan fingerprint density at radius 3 is 1.76 bits per heavy atom. The van der Waals surface area contributed by atoms with Gasteiger partial charge in [-0.3, -0.25) is 0 Å². The minimum Gasteiger partial charge on any atom is -0.382 e. The number of rotatable bonds is 22. The Bertz CT molecular complexity index is 997. The van der Waals surface area contributed by atoms with Crippen LogP contribution in [0.1, 0.15) is 34.8 Å². The lowest BCUT2D eigenvalue weighted by molar-refractivity contribution is -0.0266. The average molecular weight is 572 g/mol. The van der Waals surface area contributed by atoms with Gasteiger partial charge in [0.1, 0.15) is 0 Å². The Balaban J connectivity index is 1.32. The smallest absolute Gasteiger partial charge is 0.0872 e. The van der Waals surface area contributed by atoms with E-state index in [9.17, 15) is 0 Å². The van der Waals surface area contributed by atoms with Crippen molar-refractivity contribution < 1.29 is 33.2 Å². The average Bonchev–Trinajstić information content (AvgIpc) is 3.11. The highest BCUT2D eigenvalue weighted by Crippen LogP contribution is 2.39. The predicted molar refractivity (Wildman–Crippen MR) is 162 cm³/mol. The molecule has 8 heteroatoms. The van der Waals surface area contributed by atoms with E-state index in [1.54, 1.807) is 7.11 Å². The van der Waals surface area contributed by atoms with Crippen LogP contribution in [0.5, 0.6) is 0 Å². The fraction of sp³-hybridized carbons (Fsp3) is 0.576. The summed E-state index contributed by atoms with van der Waals surface area (Å²) in [4.78, 5) is 2.22. The van der Waals surface area contributed by atoms with Gasteiger partial charge in [0.15, 0.2) is 0 Å². The zero-order chi connectivity index (χ0) is 29.0. The molecule has 0 radical (unpaired) electrons. The van der Waals surface area contributed by atoms with Gasteiger partial charge in [-0.05, 0) is 48.3 Å². The molecule has 0 saturated heterocycles. The lowest BCUT2D eigenvalue weighted by Crippen LogP contribution is -2.15. The lowest BCUT2D eigenvalue weighted by Gasteiger charge is -2.19. The summed E-state index contributed by atoms with van der Waals surface area (Å²) in [6.45, 7) is 7.58.